The Balaban J connectivity index is 0.00000676. The van der Waals surface area contributed by atoms with Crippen molar-refractivity contribution in [3.63, 3.8) is 0 Å². The molecule has 0 fully saturated rings. The van der Waals surface area contributed by atoms with E-state index in [1.807, 2.05) is 37.9 Å². The van der Waals surface area contributed by atoms with Crippen LogP contribution in [0.25, 0.3) is 0 Å². The fraction of sp³-hybridized carbons (Fsp3) is 0.650. The Morgan fingerprint density at radius 3 is 2.41 bits per heavy atom. The second-order valence-corrected chi connectivity index (χ2v) is 6.71. The highest BCUT2D eigenvalue weighted by molar-refractivity contribution is 14.0. The molecule has 156 valence electrons. The van der Waals surface area contributed by atoms with Crippen molar-refractivity contribution in [1.29, 1.82) is 0 Å². The maximum absolute atomic E-state index is 10.0. The predicted molar refractivity (Wildman–Crippen MR) is 122 cm³/mol. The molecule has 1 atom stereocenters. The summed E-state index contributed by atoms with van der Waals surface area (Å²) in [6.07, 6.45) is -0.596. The molecular weight excluding hydrogens is 457 g/mol. The van der Waals surface area contributed by atoms with Crippen molar-refractivity contribution in [1.82, 2.24) is 10.2 Å². The lowest BCUT2D eigenvalue weighted by molar-refractivity contribution is 0.0300. The number of hydrogen-bond acceptors (Lipinski definition) is 4. The SMILES string of the molecule is CCNC(=NCC(O)COCC(C)C)N(C)Cc1ccc(OCC)cc1.I. The zero-order valence-electron chi connectivity index (χ0n) is 17.3. The number of aliphatic hydroxyl groups is 1. The summed E-state index contributed by atoms with van der Waals surface area (Å²) in [5, 5.41) is 13.3. The standard InChI is InChI=1S/C20H35N3O3.HI/c1-6-21-20(22-12-18(24)15-25-14-16(3)4)23(5)13-17-8-10-19(11-9-17)26-7-2;/h8-11,16,18,24H,6-7,12-15H2,1-5H3,(H,21,22);1H. The lowest BCUT2D eigenvalue weighted by Crippen LogP contribution is -2.39. The number of nitrogens with one attached hydrogen (secondary N) is 1. The van der Waals surface area contributed by atoms with Gasteiger partial charge < -0.3 is 24.8 Å². The normalized spacial score (nSPS) is 12.5. The number of hydrogen-bond donors (Lipinski definition) is 2. The Labute approximate surface area is 181 Å². The van der Waals surface area contributed by atoms with Crippen molar-refractivity contribution >= 4 is 29.9 Å². The number of benzene rings is 1. The molecular formula is C20H36IN3O3. The first-order chi connectivity index (χ1) is 12.5. The van der Waals surface area contributed by atoms with Crippen LogP contribution in [0.4, 0.5) is 0 Å². The van der Waals surface area contributed by atoms with Crippen molar-refractivity contribution in [2.24, 2.45) is 10.9 Å². The fourth-order valence-corrected chi connectivity index (χ4v) is 2.36. The fourth-order valence-electron chi connectivity index (χ4n) is 2.36. The molecule has 1 aromatic carbocycles. The van der Waals surface area contributed by atoms with Gasteiger partial charge in [-0.3, -0.25) is 4.99 Å². The topological polar surface area (TPSA) is 66.3 Å². The summed E-state index contributed by atoms with van der Waals surface area (Å²) in [5.74, 6) is 2.11. The van der Waals surface area contributed by atoms with Crippen LogP contribution in [0.3, 0.4) is 0 Å². The molecule has 1 aromatic rings. The van der Waals surface area contributed by atoms with E-state index in [1.54, 1.807) is 0 Å². The predicted octanol–water partition coefficient (Wildman–Crippen LogP) is 3.13. The van der Waals surface area contributed by atoms with E-state index in [2.05, 4.69) is 36.3 Å². The Morgan fingerprint density at radius 1 is 1.19 bits per heavy atom. The third kappa shape index (κ3) is 11.4. The van der Waals surface area contributed by atoms with E-state index in [0.29, 0.717) is 32.3 Å². The zero-order chi connectivity index (χ0) is 19.4. The smallest absolute Gasteiger partial charge is 0.194 e. The Bertz CT molecular complexity index is 524. The van der Waals surface area contributed by atoms with Gasteiger partial charge in [0.1, 0.15) is 5.75 Å². The molecule has 0 amide bonds. The third-order valence-corrected chi connectivity index (χ3v) is 3.56. The quantitative estimate of drug-likeness (QED) is 0.282. The molecule has 1 rings (SSSR count). The summed E-state index contributed by atoms with van der Waals surface area (Å²) < 4.78 is 10.9. The number of halogens is 1. The van der Waals surface area contributed by atoms with Crippen molar-refractivity contribution in [2.75, 3.05) is 40.0 Å². The Morgan fingerprint density at radius 2 is 1.85 bits per heavy atom. The molecule has 2 N–H and O–H groups in total. The molecule has 0 aromatic heterocycles. The minimum absolute atomic E-state index is 0. The first-order valence-corrected chi connectivity index (χ1v) is 9.43. The second kappa shape index (κ2) is 14.9. The summed E-state index contributed by atoms with van der Waals surface area (Å²) in [7, 11) is 1.99. The highest BCUT2D eigenvalue weighted by Gasteiger charge is 2.09. The molecule has 0 bridgehead atoms. The molecule has 0 saturated heterocycles. The number of aliphatic imine (C=N–C) groups is 1. The molecule has 0 saturated carbocycles. The van der Waals surface area contributed by atoms with E-state index in [4.69, 9.17) is 9.47 Å². The van der Waals surface area contributed by atoms with Crippen LogP contribution in [0.2, 0.25) is 0 Å². The van der Waals surface area contributed by atoms with Gasteiger partial charge in [-0.25, -0.2) is 0 Å². The monoisotopic (exact) mass is 493 g/mol. The van der Waals surface area contributed by atoms with Crippen LogP contribution >= 0.6 is 24.0 Å². The first-order valence-electron chi connectivity index (χ1n) is 9.43. The van der Waals surface area contributed by atoms with Gasteiger partial charge in [-0.05, 0) is 37.5 Å². The van der Waals surface area contributed by atoms with E-state index in [1.165, 1.54) is 5.56 Å². The van der Waals surface area contributed by atoms with Gasteiger partial charge in [-0.1, -0.05) is 26.0 Å². The van der Waals surface area contributed by atoms with Gasteiger partial charge >= 0.3 is 0 Å². The Kier molecular flexibility index (Phi) is 14.3. The largest absolute Gasteiger partial charge is 0.494 e. The highest BCUT2D eigenvalue weighted by atomic mass is 127. The first kappa shape index (κ1) is 25.9. The summed E-state index contributed by atoms with van der Waals surface area (Å²) in [6.45, 7) is 11.6. The van der Waals surface area contributed by atoms with Crippen LogP contribution in [0.15, 0.2) is 29.3 Å². The molecule has 0 aliphatic heterocycles. The number of guanidine groups is 1. The maximum atomic E-state index is 10.0. The van der Waals surface area contributed by atoms with Gasteiger partial charge in [0.15, 0.2) is 5.96 Å². The van der Waals surface area contributed by atoms with Gasteiger partial charge in [0.05, 0.1) is 25.9 Å². The van der Waals surface area contributed by atoms with Crippen LogP contribution in [-0.4, -0.2) is 62.0 Å². The van der Waals surface area contributed by atoms with Gasteiger partial charge in [-0.15, -0.1) is 24.0 Å². The van der Waals surface area contributed by atoms with Crippen LogP contribution in [0, 0.1) is 5.92 Å². The lowest BCUT2D eigenvalue weighted by atomic mass is 10.2. The molecule has 27 heavy (non-hydrogen) atoms. The van der Waals surface area contributed by atoms with Crippen molar-refractivity contribution in [3.8, 4) is 5.75 Å². The van der Waals surface area contributed by atoms with Crippen LogP contribution < -0.4 is 10.1 Å². The van der Waals surface area contributed by atoms with Crippen LogP contribution in [-0.2, 0) is 11.3 Å². The number of nitrogens with zero attached hydrogens (tertiary/aromatic N) is 2. The van der Waals surface area contributed by atoms with Crippen LogP contribution in [0.1, 0.15) is 33.3 Å². The number of rotatable bonds is 11. The van der Waals surface area contributed by atoms with Crippen molar-refractivity contribution in [2.45, 2.75) is 40.3 Å². The second-order valence-electron chi connectivity index (χ2n) is 6.71. The summed E-state index contributed by atoms with van der Waals surface area (Å²) in [6, 6.07) is 8.07. The molecule has 6 nitrogen and oxygen atoms in total. The van der Waals surface area contributed by atoms with Crippen LogP contribution in [0.5, 0.6) is 5.75 Å². The molecule has 0 aliphatic carbocycles. The van der Waals surface area contributed by atoms with E-state index < -0.39 is 6.10 Å². The molecule has 7 heteroatoms. The zero-order valence-corrected chi connectivity index (χ0v) is 19.6. The minimum Gasteiger partial charge on any atom is -0.494 e. The molecule has 0 spiro atoms. The van der Waals surface area contributed by atoms with Gasteiger partial charge in [-0.2, -0.15) is 0 Å². The average molecular weight is 493 g/mol. The third-order valence-electron chi connectivity index (χ3n) is 3.56. The van der Waals surface area contributed by atoms with Gasteiger partial charge in [0, 0.05) is 26.7 Å². The summed E-state index contributed by atoms with van der Waals surface area (Å²) in [5.41, 5.74) is 1.17. The van der Waals surface area contributed by atoms with Crippen molar-refractivity contribution in [3.05, 3.63) is 29.8 Å². The van der Waals surface area contributed by atoms with E-state index in [0.717, 1.165) is 24.8 Å². The van der Waals surface area contributed by atoms with E-state index in [9.17, 15) is 5.11 Å². The van der Waals surface area contributed by atoms with E-state index >= 15 is 0 Å². The molecule has 0 aliphatic rings. The van der Waals surface area contributed by atoms with Gasteiger partial charge in [0.2, 0.25) is 0 Å². The molecule has 0 heterocycles. The van der Waals surface area contributed by atoms with E-state index in [-0.39, 0.29) is 24.0 Å². The Hall–Kier alpha value is -1.06. The number of ether oxygens (including phenoxy) is 2. The molecule has 1 unspecified atom stereocenters. The van der Waals surface area contributed by atoms with Crippen molar-refractivity contribution < 1.29 is 14.6 Å². The average Bonchev–Trinajstić information content (AvgIpc) is 2.60. The van der Waals surface area contributed by atoms with Gasteiger partial charge in [0.25, 0.3) is 0 Å². The highest BCUT2D eigenvalue weighted by Crippen LogP contribution is 2.13. The lowest BCUT2D eigenvalue weighted by Gasteiger charge is -2.23. The number of aliphatic hydroxyl groups excluding tert-OH is 1. The summed E-state index contributed by atoms with van der Waals surface area (Å²) >= 11 is 0. The maximum Gasteiger partial charge on any atom is 0.194 e. The summed E-state index contributed by atoms with van der Waals surface area (Å²) in [4.78, 5) is 6.57. The molecule has 0 radical (unpaired) electrons. The minimum atomic E-state index is -0.596.